The second kappa shape index (κ2) is 10.1. The summed E-state index contributed by atoms with van der Waals surface area (Å²) in [5, 5.41) is 0. The zero-order chi connectivity index (χ0) is 22.5. The molecule has 1 amide bonds. The van der Waals surface area contributed by atoms with Crippen molar-refractivity contribution >= 4 is 17.9 Å². The van der Waals surface area contributed by atoms with Crippen LogP contribution in [0, 0.1) is 5.92 Å². The lowest BCUT2D eigenvalue weighted by atomic mass is 9.84. The number of benzene rings is 1. The van der Waals surface area contributed by atoms with Gasteiger partial charge in [-0.1, -0.05) is 49.2 Å². The van der Waals surface area contributed by atoms with Gasteiger partial charge in [0.15, 0.2) is 5.79 Å². The minimum atomic E-state index is -0.749. The van der Waals surface area contributed by atoms with Crippen LogP contribution in [0.5, 0.6) is 0 Å². The molecule has 0 unspecified atom stereocenters. The standard InChI is InChI=1S/C25H33NO4S/c1-6-8-21(7-2)31-22-11-9-19(10-12-22)25(28-17-18-29-25)20-13-15-26(16-14-20)23(27)30-24(3,4)5/h6-12,20H,1-2,13-18H2,3-5H3/b21-8+. The van der Waals surface area contributed by atoms with E-state index in [1.54, 1.807) is 22.7 Å². The van der Waals surface area contributed by atoms with E-state index in [1.807, 2.05) is 32.9 Å². The predicted octanol–water partition coefficient (Wildman–Crippen LogP) is 5.88. The van der Waals surface area contributed by atoms with E-state index in [1.165, 1.54) is 0 Å². The summed E-state index contributed by atoms with van der Waals surface area (Å²) in [6.07, 6.45) is 6.88. The van der Waals surface area contributed by atoms with Gasteiger partial charge in [-0.25, -0.2) is 4.79 Å². The number of amides is 1. The van der Waals surface area contributed by atoms with Crippen LogP contribution >= 0.6 is 11.8 Å². The van der Waals surface area contributed by atoms with Crippen LogP contribution in [0.1, 0.15) is 39.2 Å². The van der Waals surface area contributed by atoms with Gasteiger partial charge in [0.1, 0.15) is 5.60 Å². The molecule has 0 saturated carbocycles. The molecule has 2 heterocycles. The summed E-state index contributed by atoms with van der Waals surface area (Å²) >= 11 is 1.64. The molecule has 0 aromatic heterocycles. The maximum Gasteiger partial charge on any atom is 0.410 e. The van der Waals surface area contributed by atoms with Gasteiger partial charge >= 0.3 is 6.09 Å². The van der Waals surface area contributed by atoms with Crippen molar-refractivity contribution in [3.8, 4) is 0 Å². The molecule has 1 aromatic rings. The Balaban J connectivity index is 1.70. The zero-order valence-corrected chi connectivity index (χ0v) is 19.6. The summed E-state index contributed by atoms with van der Waals surface area (Å²) < 4.78 is 18.0. The van der Waals surface area contributed by atoms with Crippen LogP contribution in [0.15, 0.2) is 65.5 Å². The van der Waals surface area contributed by atoms with Gasteiger partial charge in [0.25, 0.3) is 0 Å². The number of hydrogen-bond acceptors (Lipinski definition) is 5. The van der Waals surface area contributed by atoms with Crippen molar-refractivity contribution in [3.05, 3.63) is 66.1 Å². The molecule has 2 fully saturated rings. The van der Waals surface area contributed by atoms with Gasteiger partial charge in [0.2, 0.25) is 0 Å². The predicted molar refractivity (Wildman–Crippen MR) is 125 cm³/mol. The Morgan fingerprint density at radius 1 is 1.16 bits per heavy atom. The van der Waals surface area contributed by atoms with Crippen LogP contribution in [-0.2, 0) is 20.0 Å². The zero-order valence-electron chi connectivity index (χ0n) is 18.8. The van der Waals surface area contributed by atoms with E-state index in [0.717, 1.165) is 28.2 Å². The maximum atomic E-state index is 12.4. The molecule has 31 heavy (non-hydrogen) atoms. The highest BCUT2D eigenvalue weighted by molar-refractivity contribution is 8.03. The first-order valence-corrected chi connectivity index (χ1v) is 11.6. The first-order valence-electron chi connectivity index (χ1n) is 10.8. The van der Waals surface area contributed by atoms with Crippen LogP contribution in [0.3, 0.4) is 0 Å². The van der Waals surface area contributed by atoms with Gasteiger partial charge in [-0.2, -0.15) is 0 Å². The fraction of sp³-hybridized carbons (Fsp3) is 0.480. The highest BCUT2D eigenvalue weighted by atomic mass is 32.2. The van der Waals surface area contributed by atoms with Gasteiger partial charge in [-0.15, -0.1) is 0 Å². The van der Waals surface area contributed by atoms with Crippen LogP contribution < -0.4 is 0 Å². The molecular formula is C25H33NO4S. The molecule has 0 radical (unpaired) electrons. The summed E-state index contributed by atoms with van der Waals surface area (Å²) in [6.45, 7) is 15.7. The van der Waals surface area contributed by atoms with Crippen molar-refractivity contribution in [1.29, 1.82) is 0 Å². The molecule has 0 aliphatic carbocycles. The van der Waals surface area contributed by atoms with Crippen molar-refractivity contribution < 1.29 is 19.0 Å². The maximum absolute atomic E-state index is 12.4. The Kier molecular flexibility index (Phi) is 7.68. The average molecular weight is 444 g/mol. The first-order chi connectivity index (χ1) is 14.8. The quantitative estimate of drug-likeness (QED) is 0.406. The van der Waals surface area contributed by atoms with Crippen LogP contribution in [0.25, 0.3) is 0 Å². The molecule has 3 rings (SSSR count). The monoisotopic (exact) mass is 443 g/mol. The number of piperidine rings is 1. The second-order valence-corrected chi connectivity index (χ2v) is 9.89. The number of nitrogens with zero attached hydrogens (tertiary/aromatic N) is 1. The summed E-state index contributed by atoms with van der Waals surface area (Å²) in [7, 11) is 0. The fourth-order valence-electron chi connectivity index (χ4n) is 3.99. The van der Waals surface area contributed by atoms with Crippen molar-refractivity contribution in [1.82, 2.24) is 4.90 Å². The third-order valence-corrected chi connectivity index (χ3v) is 6.42. The van der Waals surface area contributed by atoms with Gasteiger partial charge in [0.05, 0.1) is 13.2 Å². The molecule has 0 atom stereocenters. The lowest BCUT2D eigenvalue weighted by molar-refractivity contribution is -0.213. The highest BCUT2D eigenvalue weighted by Crippen LogP contribution is 2.44. The molecule has 0 spiro atoms. The number of likely N-dealkylation sites (tertiary alicyclic amines) is 1. The van der Waals surface area contributed by atoms with Gasteiger partial charge < -0.3 is 19.1 Å². The molecule has 2 aliphatic heterocycles. The van der Waals surface area contributed by atoms with E-state index in [4.69, 9.17) is 14.2 Å². The van der Waals surface area contributed by atoms with E-state index < -0.39 is 11.4 Å². The molecule has 6 heteroatoms. The average Bonchev–Trinajstić information content (AvgIpc) is 3.24. The minimum absolute atomic E-state index is 0.177. The second-order valence-electron chi connectivity index (χ2n) is 8.74. The Labute approximate surface area is 190 Å². The molecular weight excluding hydrogens is 410 g/mol. The number of allylic oxidation sites excluding steroid dienone is 3. The third-order valence-electron chi connectivity index (χ3n) is 5.38. The SMILES string of the molecule is C=C/C=C(\C=C)Sc1ccc(C2(C3CCN(C(=O)OC(C)(C)C)CC3)OCCO2)cc1. The van der Waals surface area contributed by atoms with E-state index in [2.05, 4.69) is 37.4 Å². The Morgan fingerprint density at radius 2 is 1.77 bits per heavy atom. The summed E-state index contributed by atoms with van der Waals surface area (Å²) in [5.41, 5.74) is 0.539. The van der Waals surface area contributed by atoms with Crippen LogP contribution in [-0.4, -0.2) is 42.9 Å². The topological polar surface area (TPSA) is 48.0 Å². The third kappa shape index (κ3) is 5.82. The van der Waals surface area contributed by atoms with Gasteiger partial charge in [-0.05, 0) is 51.8 Å². The number of ether oxygens (including phenoxy) is 3. The largest absolute Gasteiger partial charge is 0.444 e. The van der Waals surface area contributed by atoms with E-state index >= 15 is 0 Å². The minimum Gasteiger partial charge on any atom is -0.444 e. The first kappa shape index (κ1) is 23.6. The molecule has 5 nitrogen and oxygen atoms in total. The molecule has 1 aromatic carbocycles. The van der Waals surface area contributed by atoms with E-state index in [9.17, 15) is 4.79 Å². The van der Waals surface area contributed by atoms with E-state index in [-0.39, 0.29) is 12.0 Å². The lowest BCUT2D eigenvalue weighted by Crippen LogP contribution is -2.47. The van der Waals surface area contributed by atoms with Crippen molar-refractivity contribution in [3.63, 3.8) is 0 Å². The van der Waals surface area contributed by atoms with E-state index in [0.29, 0.717) is 26.3 Å². The van der Waals surface area contributed by atoms with Crippen LogP contribution in [0.4, 0.5) is 4.79 Å². The van der Waals surface area contributed by atoms with Gasteiger partial charge in [-0.3, -0.25) is 0 Å². The van der Waals surface area contributed by atoms with Crippen LogP contribution in [0.2, 0.25) is 0 Å². The smallest absolute Gasteiger partial charge is 0.410 e. The molecule has 2 saturated heterocycles. The van der Waals surface area contributed by atoms with Gasteiger partial charge in [0, 0.05) is 34.4 Å². The summed E-state index contributed by atoms with van der Waals surface area (Å²) in [4.78, 5) is 16.4. The number of hydrogen-bond donors (Lipinski definition) is 0. The molecule has 168 valence electrons. The number of carbonyl (C=O) groups is 1. The lowest BCUT2D eigenvalue weighted by Gasteiger charge is -2.41. The molecule has 0 N–H and O–H groups in total. The fourth-order valence-corrected chi connectivity index (χ4v) is 4.78. The highest BCUT2D eigenvalue weighted by Gasteiger charge is 2.47. The molecule has 0 bridgehead atoms. The van der Waals surface area contributed by atoms with Crippen molar-refractivity contribution in [2.24, 2.45) is 5.92 Å². The number of carbonyl (C=O) groups excluding carboxylic acids is 1. The summed E-state index contributed by atoms with van der Waals surface area (Å²) in [6, 6.07) is 8.34. The van der Waals surface area contributed by atoms with Crippen molar-refractivity contribution in [2.75, 3.05) is 26.3 Å². The number of rotatable bonds is 6. The van der Waals surface area contributed by atoms with Crippen molar-refractivity contribution in [2.45, 2.75) is 49.9 Å². The Hall–Kier alpha value is -2.02. The Morgan fingerprint density at radius 3 is 2.29 bits per heavy atom. The molecule has 2 aliphatic rings. The normalized spacial score (nSPS) is 19.8. The summed E-state index contributed by atoms with van der Waals surface area (Å²) in [5.74, 6) is -0.571. The number of thioether (sulfide) groups is 1. The Bertz CT molecular complexity index is 811.